The maximum Gasteiger partial charge on any atom is 0.244 e. The molecule has 0 aliphatic heterocycles. The van der Waals surface area contributed by atoms with Gasteiger partial charge in [0.25, 0.3) is 0 Å². The fourth-order valence-electron chi connectivity index (χ4n) is 2.41. The van der Waals surface area contributed by atoms with Crippen molar-refractivity contribution in [1.82, 2.24) is 10.0 Å². The summed E-state index contributed by atoms with van der Waals surface area (Å²) >= 11 is 5.98. The van der Waals surface area contributed by atoms with Gasteiger partial charge in [0.2, 0.25) is 10.0 Å². The lowest BCUT2D eigenvalue weighted by Crippen LogP contribution is -2.38. The van der Waals surface area contributed by atoms with Crippen LogP contribution < -0.4 is 14.8 Å². The van der Waals surface area contributed by atoms with Gasteiger partial charge in [0, 0.05) is 17.6 Å². The zero-order valence-electron chi connectivity index (χ0n) is 13.6. The molecule has 1 aliphatic rings. The molecule has 0 amide bonds. The van der Waals surface area contributed by atoms with Gasteiger partial charge in [0.1, 0.15) is 10.6 Å². The van der Waals surface area contributed by atoms with E-state index in [9.17, 15) is 8.42 Å². The van der Waals surface area contributed by atoms with E-state index in [1.165, 1.54) is 12.5 Å². The van der Waals surface area contributed by atoms with Crippen LogP contribution >= 0.6 is 11.6 Å². The molecular formula is C16H25ClN2O3S. The quantitative estimate of drug-likeness (QED) is 0.710. The second-order valence-electron chi connectivity index (χ2n) is 6.01. The van der Waals surface area contributed by atoms with Crippen LogP contribution in [0.25, 0.3) is 0 Å². The first kappa shape index (κ1) is 18.5. The number of halogens is 1. The van der Waals surface area contributed by atoms with Crippen LogP contribution in [-0.4, -0.2) is 34.2 Å². The van der Waals surface area contributed by atoms with E-state index in [1.54, 1.807) is 12.1 Å². The highest BCUT2D eigenvalue weighted by atomic mass is 35.5. The topological polar surface area (TPSA) is 67.4 Å². The summed E-state index contributed by atoms with van der Waals surface area (Å²) in [5, 5.41) is 3.54. The Bertz CT molecular complexity index is 618. The van der Waals surface area contributed by atoms with Crippen LogP contribution in [-0.2, 0) is 10.0 Å². The normalized spacial score (nSPS) is 16.8. The number of benzene rings is 1. The van der Waals surface area contributed by atoms with E-state index < -0.39 is 10.0 Å². The minimum atomic E-state index is -3.66. The lowest BCUT2D eigenvalue weighted by Gasteiger charge is -2.25. The van der Waals surface area contributed by atoms with E-state index in [0.717, 1.165) is 19.4 Å². The van der Waals surface area contributed by atoms with Gasteiger partial charge in [-0.05, 0) is 50.4 Å². The average Bonchev–Trinajstić information content (AvgIpc) is 2.45. The van der Waals surface area contributed by atoms with Crippen molar-refractivity contribution in [3.05, 3.63) is 23.2 Å². The summed E-state index contributed by atoms with van der Waals surface area (Å²) in [4.78, 5) is 0.105. The first-order chi connectivity index (χ1) is 10.9. The molecule has 0 radical (unpaired) electrons. The molecule has 1 saturated carbocycles. The highest BCUT2D eigenvalue weighted by Gasteiger charge is 2.23. The number of ether oxygens (including phenoxy) is 1. The molecule has 0 bridgehead atoms. The Labute approximate surface area is 143 Å². The van der Waals surface area contributed by atoms with Crippen LogP contribution in [0.3, 0.4) is 0 Å². The van der Waals surface area contributed by atoms with Gasteiger partial charge in [-0.3, -0.25) is 0 Å². The average molecular weight is 361 g/mol. The SMILES string of the molecule is CCN[C@H](C)CNS(=O)(=O)c1cc(Cl)ccc1OCC1CCC1. The van der Waals surface area contributed by atoms with Crippen molar-refractivity contribution >= 4 is 21.6 Å². The Hall–Kier alpha value is -0.820. The van der Waals surface area contributed by atoms with Crippen LogP contribution in [0.2, 0.25) is 5.02 Å². The number of likely N-dealkylation sites (N-methyl/N-ethyl adjacent to an activating group) is 1. The maximum absolute atomic E-state index is 12.6. The van der Waals surface area contributed by atoms with E-state index in [4.69, 9.17) is 16.3 Å². The van der Waals surface area contributed by atoms with Gasteiger partial charge in [-0.1, -0.05) is 24.9 Å². The van der Waals surface area contributed by atoms with Gasteiger partial charge in [-0.15, -0.1) is 0 Å². The van der Waals surface area contributed by atoms with E-state index in [0.29, 0.717) is 29.8 Å². The third-order valence-corrected chi connectivity index (χ3v) is 5.71. The Balaban J connectivity index is 2.09. The molecular weight excluding hydrogens is 336 g/mol. The van der Waals surface area contributed by atoms with Gasteiger partial charge in [-0.25, -0.2) is 13.1 Å². The molecule has 2 rings (SSSR count). The molecule has 2 N–H and O–H groups in total. The molecule has 0 saturated heterocycles. The molecule has 1 aromatic rings. The zero-order valence-corrected chi connectivity index (χ0v) is 15.2. The smallest absolute Gasteiger partial charge is 0.244 e. The fraction of sp³-hybridized carbons (Fsp3) is 0.625. The predicted octanol–water partition coefficient (Wildman–Crippen LogP) is 2.80. The maximum atomic E-state index is 12.6. The highest BCUT2D eigenvalue weighted by Crippen LogP contribution is 2.31. The largest absolute Gasteiger partial charge is 0.492 e. The number of sulfonamides is 1. The molecule has 7 heteroatoms. The summed E-state index contributed by atoms with van der Waals surface area (Å²) in [6.07, 6.45) is 3.52. The first-order valence-corrected chi connectivity index (χ1v) is 9.94. The highest BCUT2D eigenvalue weighted by molar-refractivity contribution is 7.89. The first-order valence-electron chi connectivity index (χ1n) is 8.07. The summed E-state index contributed by atoms with van der Waals surface area (Å²) in [5.41, 5.74) is 0. The summed E-state index contributed by atoms with van der Waals surface area (Å²) in [6, 6.07) is 4.77. The van der Waals surface area contributed by atoms with E-state index in [2.05, 4.69) is 10.0 Å². The minimum absolute atomic E-state index is 0.0494. The lowest BCUT2D eigenvalue weighted by atomic mass is 9.86. The summed E-state index contributed by atoms with van der Waals surface area (Å²) < 4.78 is 33.5. The Morgan fingerprint density at radius 1 is 1.39 bits per heavy atom. The molecule has 0 unspecified atom stereocenters. The van der Waals surface area contributed by atoms with Crippen molar-refractivity contribution in [1.29, 1.82) is 0 Å². The second kappa shape index (κ2) is 8.33. The third-order valence-electron chi connectivity index (χ3n) is 4.03. The van der Waals surface area contributed by atoms with E-state index >= 15 is 0 Å². The summed E-state index contributed by atoms with van der Waals surface area (Å²) in [6.45, 7) is 5.56. The van der Waals surface area contributed by atoms with E-state index in [1.807, 2.05) is 13.8 Å². The number of hydrogen-bond donors (Lipinski definition) is 2. The van der Waals surface area contributed by atoms with Crippen molar-refractivity contribution < 1.29 is 13.2 Å². The van der Waals surface area contributed by atoms with Crippen LogP contribution in [0.4, 0.5) is 0 Å². The number of rotatable bonds is 9. The van der Waals surface area contributed by atoms with Gasteiger partial charge in [-0.2, -0.15) is 0 Å². The van der Waals surface area contributed by atoms with Crippen molar-refractivity contribution in [3.8, 4) is 5.75 Å². The Kier molecular flexibility index (Phi) is 6.71. The molecule has 5 nitrogen and oxygen atoms in total. The molecule has 0 heterocycles. The molecule has 1 aromatic carbocycles. The van der Waals surface area contributed by atoms with Gasteiger partial charge >= 0.3 is 0 Å². The van der Waals surface area contributed by atoms with Crippen LogP contribution in [0.5, 0.6) is 5.75 Å². The zero-order chi connectivity index (χ0) is 16.9. The van der Waals surface area contributed by atoms with Crippen molar-refractivity contribution in [2.24, 2.45) is 5.92 Å². The third kappa shape index (κ3) is 5.35. The Morgan fingerprint density at radius 2 is 2.13 bits per heavy atom. The van der Waals surface area contributed by atoms with Gasteiger partial charge in [0.05, 0.1) is 6.61 Å². The van der Waals surface area contributed by atoms with Crippen LogP contribution in [0.15, 0.2) is 23.1 Å². The fourth-order valence-corrected chi connectivity index (χ4v) is 3.95. The van der Waals surface area contributed by atoms with Crippen molar-refractivity contribution in [2.75, 3.05) is 19.7 Å². The Morgan fingerprint density at radius 3 is 2.74 bits per heavy atom. The number of nitrogens with one attached hydrogen (secondary N) is 2. The molecule has 1 aliphatic carbocycles. The molecule has 1 atom stereocenters. The monoisotopic (exact) mass is 360 g/mol. The second-order valence-corrected chi connectivity index (χ2v) is 8.18. The van der Waals surface area contributed by atoms with Gasteiger partial charge in [0.15, 0.2) is 0 Å². The van der Waals surface area contributed by atoms with Crippen molar-refractivity contribution in [2.45, 2.75) is 44.0 Å². The minimum Gasteiger partial charge on any atom is -0.492 e. The molecule has 0 aromatic heterocycles. The van der Waals surface area contributed by atoms with E-state index in [-0.39, 0.29) is 10.9 Å². The van der Waals surface area contributed by atoms with Gasteiger partial charge < -0.3 is 10.1 Å². The molecule has 130 valence electrons. The number of hydrogen-bond acceptors (Lipinski definition) is 4. The van der Waals surface area contributed by atoms with Crippen molar-refractivity contribution in [3.63, 3.8) is 0 Å². The van der Waals surface area contributed by atoms with Crippen LogP contribution in [0, 0.1) is 5.92 Å². The molecule has 0 spiro atoms. The van der Waals surface area contributed by atoms with Crippen LogP contribution in [0.1, 0.15) is 33.1 Å². The summed E-state index contributed by atoms with van der Waals surface area (Å²) in [7, 11) is -3.66. The standard InChI is InChI=1S/C16H25ClN2O3S/c1-3-18-12(2)10-19-23(20,21)16-9-14(17)7-8-15(16)22-11-13-5-4-6-13/h7-9,12-13,18-19H,3-6,10-11H2,1-2H3/t12-/m1/s1. The summed E-state index contributed by atoms with van der Waals surface area (Å²) in [5.74, 6) is 0.896. The lowest BCUT2D eigenvalue weighted by molar-refractivity contribution is 0.177. The predicted molar refractivity (Wildman–Crippen MR) is 92.6 cm³/mol. The molecule has 23 heavy (non-hydrogen) atoms. The molecule has 1 fully saturated rings.